The van der Waals surface area contributed by atoms with E-state index in [0.717, 1.165) is 17.9 Å². The van der Waals surface area contributed by atoms with Crippen LogP contribution in [0.15, 0.2) is 36.4 Å². The van der Waals surface area contributed by atoms with Crippen LogP contribution in [0.5, 0.6) is 5.75 Å². The molecule has 0 fully saturated rings. The van der Waals surface area contributed by atoms with Crippen molar-refractivity contribution in [2.75, 3.05) is 12.4 Å². The van der Waals surface area contributed by atoms with Gasteiger partial charge in [0.2, 0.25) is 0 Å². The largest absolute Gasteiger partial charge is 0.495 e. The molecule has 1 heterocycles. The van der Waals surface area contributed by atoms with Crippen LogP contribution in [-0.2, 0) is 6.42 Å². The molecule has 0 amide bonds. The molecule has 96 valence electrons. The van der Waals surface area contributed by atoms with Crippen LogP contribution in [0.25, 0.3) is 0 Å². The Hall–Kier alpha value is -1.48. The van der Waals surface area contributed by atoms with E-state index in [9.17, 15) is 0 Å². The Morgan fingerprint density at radius 1 is 1.22 bits per heavy atom. The first kappa shape index (κ1) is 13.0. The molecule has 3 heteroatoms. The van der Waals surface area contributed by atoms with E-state index in [4.69, 9.17) is 4.74 Å². The molecule has 1 N–H and O–H groups in total. The predicted octanol–water partition coefficient (Wildman–Crippen LogP) is 4.49. The standard InChI is InChI=1S/C15H19NOS/c1-4-12-9-10-15(18-12)11(2)16-13-7-5-6-8-14(13)17-3/h5-11,16H,4H2,1-3H3. The van der Waals surface area contributed by atoms with Gasteiger partial charge in [0.05, 0.1) is 18.8 Å². The molecule has 1 aromatic carbocycles. The normalized spacial score (nSPS) is 12.2. The van der Waals surface area contributed by atoms with Gasteiger partial charge < -0.3 is 10.1 Å². The van der Waals surface area contributed by atoms with Gasteiger partial charge in [-0.15, -0.1) is 11.3 Å². The lowest BCUT2D eigenvalue weighted by atomic mass is 10.2. The van der Waals surface area contributed by atoms with Gasteiger partial charge in [-0.05, 0) is 37.6 Å². The minimum absolute atomic E-state index is 0.298. The summed E-state index contributed by atoms with van der Waals surface area (Å²) in [6.45, 7) is 4.37. The number of ether oxygens (including phenoxy) is 1. The number of para-hydroxylation sites is 2. The topological polar surface area (TPSA) is 21.3 Å². The number of rotatable bonds is 5. The van der Waals surface area contributed by atoms with Crippen molar-refractivity contribution in [2.45, 2.75) is 26.3 Å². The first-order chi connectivity index (χ1) is 8.74. The maximum absolute atomic E-state index is 5.35. The van der Waals surface area contributed by atoms with Crippen molar-refractivity contribution in [3.8, 4) is 5.75 Å². The Labute approximate surface area is 113 Å². The van der Waals surface area contributed by atoms with Gasteiger partial charge in [0, 0.05) is 9.75 Å². The summed E-state index contributed by atoms with van der Waals surface area (Å²) in [7, 11) is 1.70. The van der Waals surface area contributed by atoms with Crippen molar-refractivity contribution in [1.29, 1.82) is 0 Å². The molecule has 2 nitrogen and oxygen atoms in total. The highest BCUT2D eigenvalue weighted by atomic mass is 32.1. The molecular formula is C15H19NOS. The lowest BCUT2D eigenvalue weighted by molar-refractivity contribution is 0.416. The maximum atomic E-state index is 5.35. The summed E-state index contributed by atoms with van der Waals surface area (Å²) in [5.41, 5.74) is 1.04. The summed E-state index contributed by atoms with van der Waals surface area (Å²) in [5, 5.41) is 3.50. The van der Waals surface area contributed by atoms with E-state index < -0.39 is 0 Å². The lowest BCUT2D eigenvalue weighted by Gasteiger charge is -2.16. The predicted molar refractivity (Wildman–Crippen MR) is 78.7 cm³/mol. The fourth-order valence-corrected chi connectivity index (χ4v) is 2.84. The highest BCUT2D eigenvalue weighted by Crippen LogP contribution is 2.30. The second kappa shape index (κ2) is 5.91. The summed E-state index contributed by atoms with van der Waals surface area (Å²) in [5.74, 6) is 0.886. The molecule has 2 aromatic rings. The number of benzene rings is 1. The van der Waals surface area contributed by atoms with Crippen LogP contribution in [0.4, 0.5) is 5.69 Å². The Kier molecular flexibility index (Phi) is 4.26. The molecule has 0 aliphatic carbocycles. The van der Waals surface area contributed by atoms with Crippen molar-refractivity contribution in [3.63, 3.8) is 0 Å². The number of aryl methyl sites for hydroxylation is 1. The number of thiophene rings is 1. The van der Waals surface area contributed by atoms with E-state index in [1.807, 2.05) is 35.6 Å². The summed E-state index contributed by atoms with van der Waals surface area (Å²) < 4.78 is 5.35. The summed E-state index contributed by atoms with van der Waals surface area (Å²) in [6.07, 6.45) is 1.10. The molecule has 2 rings (SSSR count). The average Bonchev–Trinajstić information content (AvgIpc) is 2.88. The van der Waals surface area contributed by atoms with Gasteiger partial charge in [-0.2, -0.15) is 0 Å². The monoisotopic (exact) mass is 261 g/mol. The van der Waals surface area contributed by atoms with Crippen molar-refractivity contribution in [2.24, 2.45) is 0 Å². The fraction of sp³-hybridized carbons (Fsp3) is 0.333. The van der Waals surface area contributed by atoms with Gasteiger partial charge in [-0.3, -0.25) is 0 Å². The molecule has 0 aliphatic rings. The van der Waals surface area contributed by atoms with Crippen LogP contribution in [-0.4, -0.2) is 7.11 Å². The molecule has 18 heavy (non-hydrogen) atoms. The van der Waals surface area contributed by atoms with Gasteiger partial charge in [-0.25, -0.2) is 0 Å². The summed E-state index contributed by atoms with van der Waals surface area (Å²) in [4.78, 5) is 2.79. The highest BCUT2D eigenvalue weighted by Gasteiger charge is 2.10. The number of hydrogen-bond donors (Lipinski definition) is 1. The molecule has 0 saturated heterocycles. The average molecular weight is 261 g/mol. The Bertz CT molecular complexity index is 507. The fourth-order valence-electron chi connectivity index (χ4n) is 1.89. The van der Waals surface area contributed by atoms with E-state index in [1.165, 1.54) is 9.75 Å². The molecule has 0 bridgehead atoms. The third-order valence-electron chi connectivity index (χ3n) is 2.94. The van der Waals surface area contributed by atoms with Crippen LogP contribution in [0, 0.1) is 0 Å². The minimum atomic E-state index is 0.298. The first-order valence-corrected chi connectivity index (χ1v) is 7.04. The third-order valence-corrected chi connectivity index (χ3v) is 4.35. The van der Waals surface area contributed by atoms with Crippen molar-refractivity contribution in [1.82, 2.24) is 0 Å². The number of anilines is 1. The van der Waals surface area contributed by atoms with Crippen LogP contribution < -0.4 is 10.1 Å². The van der Waals surface area contributed by atoms with Gasteiger partial charge in [-0.1, -0.05) is 19.1 Å². The van der Waals surface area contributed by atoms with E-state index in [2.05, 4.69) is 31.3 Å². The van der Waals surface area contributed by atoms with E-state index in [0.29, 0.717) is 6.04 Å². The van der Waals surface area contributed by atoms with E-state index in [-0.39, 0.29) is 0 Å². The van der Waals surface area contributed by atoms with Crippen LogP contribution in [0.2, 0.25) is 0 Å². The molecule has 1 atom stereocenters. The van der Waals surface area contributed by atoms with Crippen molar-refractivity contribution in [3.05, 3.63) is 46.2 Å². The van der Waals surface area contributed by atoms with Crippen molar-refractivity contribution < 1.29 is 4.74 Å². The Morgan fingerprint density at radius 3 is 2.67 bits per heavy atom. The van der Waals surface area contributed by atoms with Gasteiger partial charge >= 0.3 is 0 Å². The zero-order valence-corrected chi connectivity index (χ0v) is 11.9. The molecule has 0 aliphatic heterocycles. The zero-order valence-electron chi connectivity index (χ0n) is 11.1. The van der Waals surface area contributed by atoms with Gasteiger partial charge in [0.1, 0.15) is 5.75 Å². The molecule has 0 saturated carbocycles. The second-order valence-electron chi connectivity index (χ2n) is 4.22. The summed E-state index contributed by atoms with van der Waals surface area (Å²) >= 11 is 1.87. The van der Waals surface area contributed by atoms with E-state index in [1.54, 1.807) is 7.11 Å². The SMILES string of the molecule is CCc1ccc(C(C)Nc2ccccc2OC)s1. The zero-order chi connectivity index (χ0) is 13.0. The van der Waals surface area contributed by atoms with Crippen molar-refractivity contribution >= 4 is 17.0 Å². The minimum Gasteiger partial charge on any atom is -0.495 e. The van der Waals surface area contributed by atoms with Gasteiger partial charge in [0.15, 0.2) is 0 Å². The quantitative estimate of drug-likeness (QED) is 0.856. The molecular weight excluding hydrogens is 242 g/mol. The lowest BCUT2D eigenvalue weighted by Crippen LogP contribution is -2.05. The molecule has 1 aromatic heterocycles. The maximum Gasteiger partial charge on any atom is 0.141 e. The van der Waals surface area contributed by atoms with E-state index >= 15 is 0 Å². The Morgan fingerprint density at radius 2 is 2.00 bits per heavy atom. The summed E-state index contributed by atoms with van der Waals surface area (Å²) in [6, 6.07) is 12.7. The van der Waals surface area contributed by atoms with Crippen LogP contribution in [0.3, 0.4) is 0 Å². The van der Waals surface area contributed by atoms with Crippen LogP contribution in [0.1, 0.15) is 29.6 Å². The first-order valence-electron chi connectivity index (χ1n) is 6.22. The number of methoxy groups -OCH3 is 1. The third kappa shape index (κ3) is 2.85. The molecule has 0 spiro atoms. The smallest absolute Gasteiger partial charge is 0.141 e. The Balaban J connectivity index is 2.13. The second-order valence-corrected chi connectivity index (χ2v) is 5.42. The molecule has 0 radical (unpaired) electrons. The van der Waals surface area contributed by atoms with Gasteiger partial charge in [0.25, 0.3) is 0 Å². The highest BCUT2D eigenvalue weighted by molar-refractivity contribution is 7.12. The number of nitrogens with one attached hydrogen (secondary N) is 1. The van der Waals surface area contributed by atoms with Crippen LogP contribution >= 0.6 is 11.3 Å². The number of hydrogen-bond acceptors (Lipinski definition) is 3. The molecule has 1 unspecified atom stereocenters.